The molecule has 0 saturated heterocycles. The van der Waals surface area contributed by atoms with E-state index in [0.29, 0.717) is 48.7 Å². The molecule has 1 unspecified atom stereocenters. The van der Waals surface area contributed by atoms with Crippen molar-refractivity contribution in [2.75, 3.05) is 40.3 Å². The van der Waals surface area contributed by atoms with Crippen molar-refractivity contribution >= 4 is 11.6 Å². The number of anilines is 1. The number of fused-ring (bicyclic) bond motifs is 3. The lowest BCUT2D eigenvalue weighted by Gasteiger charge is -2.19. The lowest BCUT2D eigenvalue weighted by Crippen LogP contribution is -2.26. The van der Waals surface area contributed by atoms with Crippen LogP contribution in [0, 0.1) is 0 Å². The molecule has 0 fully saturated rings. The topological polar surface area (TPSA) is 95.1 Å². The van der Waals surface area contributed by atoms with Crippen LogP contribution < -0.4 is 35.0 Å². The van der Waals surface area contributed by atoms with E-state index in [0.717, 1.165) is 33.6 Å². The minimum absolute atomic E-state index is 0.162. The second-order valence-electron chi connectivity index (χ2n) is 9.08. The van der Waals surface area contributed by atoms with Crippen LogP contribution in [0.4, 0.5) is 5.69 Å². The molecular formula is C30H34N2O6. The van der Waals surface area contributed by atoms with E-state index in [1.54, 1.807) is 40.6 Å². The summed E-state index contributed by atoms with van der Waals surface area (Å²) < 4.78 is 22.5. The van der Waals surface area contributed by atoms with Crippen molar-refractivity contribution in [1.82, 2.24) is 5.32 Å². The number of amides is 1. The summed E-state index contributed by atoms with van der Waals surface area (Å²) in [5.74, 6) is 2.21. The molecule has 8 nitrogen and oxygen atoms in total. The summed E-state index contributed by atoms with van der Waals surface area (Å²) in [4.78, 5) is 25.5. The number of aryl methyl sites for hydroxylation is 1. The lowest BCUT2D eigenvalue weighted by molar-refractivity contribution is -0.119. The Morgan fingerprint density at radius 3 is 2.34 bits per heavy atom. The van der Waals surface area contributed by atoms with Gasteiger partial charge in [0.25, 0.3) is 0 Å². The van der Waals surface area contributed by atoms with Crippen molar-refractivity contribution in [3.63, 3.8) is 0 Å². The summed E-state index contributed by atoms with van der Waals surface area (Å²) in [5.41, 5.74) is 4.69. The Bertz CT molecular complexity index is 1390. The van der Waals surface area contributed by atoms with E-state index in [2.05, 4.69) is 10.6 Å². The Labute approximate surface area is 222 Å². The van der Waals surface area contributed by atoms with Crippen LogP contribution in [0.1, 0.15) is 36.1 Å². The molecule has 0 spiro atoms. The maximum atomic E-state index is 13.4. The van der Waals surface area contributed by atoms with E-state index in [1.807, 2.05) is 36.4 Å². The fourth-order valence-corrected chi connectivity index (χ4v) is 5.10. The quantitative estimate of drug-likeness (QED) is 0.430. The normalized spacial score (nSPS) is 13.9. The predicted octanol–water partition coefficient (Wildman–Crippen LogP) is 4.53. The molecule has 3 aromatic rings. The lowest BCUT2D eigenvalue weighted by atomic mass is 9.95. The monoisotopic (exact) mass is 518 g/mol. The Balaban J connectivity index is 1.81. The van der Waals surface area contributed by atoms with Gasteiger partial charge in [0, 0.05) is 19.0 Å². The minimum Gasteiger partial charge on any atom is -0.496 e. The molecule has 38 heavy (non-hydrogen) atoms. The third-order valence-corrected chi connectivity index (χ3v) is 6.82. The highest BCUT2D eigenvalue weighted by atomic mass is 16.5. The summed E-state index contributed by atoms with van der Waals surface area (Å²) in [5, 5.41) is 6.32. The smallest absolute Gasteiger partial charge is 0.217 e. The molecule has 0 saturated carbocycles. The van der Waals surface area contributed by atoms with Gasteiger partial charge >= 0.3 is 0 Å². The van der Waals surface area contributed by atoms with Crippen molar-refractivity contribution in [2.45, 2.75) is 32.2 Å². The molecule has 1 aliphatic rings. The summed E-state index contributed by atoms with van der Waals surface area (Å²) in [6.45, 7) is 2.03. The van der Waals surface area contributed by atoms with Gasteiger partial charge in [-0.3, -0.25) is 9.59 Å². The van der Waals surface area contributed by atoms with Crippen molar-refractivity contribution < 1.29 is 23.7 Å². The zero-order chi connectivity index (χ0) is 27.2. The number of para-hydroxylation sites is 1. The minimum atomic E-state index is -0.349. The Morgan fingerprint density at radius 2 is 1.66 bits per heavy atom. The van der Waals surface area contributed by atoms with Crippen LogP contribution >= 0.6 is 0 Å². The van der Waals surface area contributed by atoms with E-state index >= 15 is 0 Å². The molecule has 0 aromatic heterocycles. The van der Waals surface area contributed by atoms with Crippen LogP contribution in [0.25, 0.3) is 11.1 Å². The Hall–Kier alpha value is -4.20. The van der Waals surface area contributed by atoms with Crippen molar-refractivity contribution in [1.29, 1.82) is 0 Å². The van der Waals surface area contributed by atoms with Gasteiger partial charge in [0.05, 0.1) is 40.2 Å². The van der Waals surface area contributed by atoms with E-state index < -0.39 is 0 Å². The van der Waals surface area contributed by atoms with E-state index in [4.69, 9.17) is 18.9 Å². The van der Waals surface area contributed by atoms with Crippen LogP contribution in [-0.2, 0) is 17.6 Å². The molecule has 0 radical (unpaired) electrons. The average molecular weight is 519 g/mol. The standard InChI is InChI=1S/C30H34N2O6/c1-18(33)32-23-12-10-20-16-27(36-3)29(37-4)30(38-5)28(20)21-11-13-24(25(34)17-22(21)23)31-15-14-19-8-6-7-9-26(19)35-2/h6-9,11,13,16-17,23H,10,12,14-15H2,1-5H3,(H,31,34)(H,32,33). The van der Waals surface area contributed by atoms with E-state index in [9.17, 15) is 9.59 Å². The second-order valence-corrected chi connectivity index (χ2v) is 9.08. The van der Waals surface area contributed by atoms with Crippen LogP contribution in [0.15, 0.2) is 53.3 Å². The van der Waals surface area contributed by atoms with Crippen LogP contribution in [0.2, 0.25) is 0 Å². The number of rotatable bonds is 9. The van der Waals surface area contributed by atoms with Gasteiger partial charge in [-0.25, -0.2) is 0 Å². The van der Waals surface area contributed by atoms with Gasteiger partial charge in [-0.2, -0.15) is 0 Å². The van der Waals surface area contributed by atoms with E-state index in [1.165, 1.54) is 6.92 Å². The maximum absolute atomic E-state index is 13.4. The van der Waals surface area contributed by atoms with Crippen LogP contribution in [-0.4, -0.2) is 40.9 Å². The molecule has 0 bridgehead atoms. The van der Waals surface area contributed by atoms with Crippen molar-refractivity contribution in [3.05, 3.63) is 75.4 Å². The first-order chi connectivity index (χ1) is 18.4. The number of carbonyl (C=O) groups excluding carboxylic acids is 1. The van der Waals surface area contributed by atoms with Gasteiger partial charge < -0.3 is 29.6 Å². The average Bonchev–Trinajstić information content (AvgIpc) is 3.16. The first kappa shape index (κ1) is 26.9. The first-order valence-corrected chi connectivity index (χ1v) is 12.5. The highest BCUT2D eigenvalue weighted by Gasteiger charge is 2.29. The predicted molar refractivity (Wildman–Crippen MR) is 148 cm³/mol. The molecule has 0 aliphatic heterocycles. The van der Waals surface area contributed by atoms with E-state index in [-0.39, 0.29) is 17.4 Å². The summed E-state index contributed by atoms with van der Waals surface area (Å²) in [6, 6.07) is 14.7. The van der Waals surface area contributed by atoms with Gasteiger partial charge in [-0.1, -0.05) is 24.3 Å². The molecule has 4 rings (SSSR count). The number of nitrogens with one attached hydrogen (secondary N) is 2. The first-order valence-electron chi connectivity index (χ1n) is 12.5. The third kappa shape index (κ3) is 5.39. The van der Waals surface area contributed by atoms with Gasteiger partial charge in [0.2, 0.25) is 17.1 Å². The molecule has 2 N–H and O–H groups in total. The fourth-order valence-electron chi connectivity index (χ4n) is 5.10. The molecule has 3 aromatic carbocycles. The van der Waals surface area contributed by atoms with Gasteiger partial charge in [0.15, 0.2) is 11.5 Å². The number of carbonyl (C=O) groups is 1. The Kier molecular flexibility index (Phi) is 8.41. The Morgan fingerprint density at radius 1 is 0.921 bits per heavy atom. The highest BCUT2D eigenvalue weighted by Crippen LogP contribution is 2.50. The molecule has 0 heterocycles. The summed E-state index contributed by atoms with van der Waals surface area (Å²) in [6.07, 6.45) is 1.94. The largest absolute Gasteiger partial charge is 0.496 e. The summed E-state index contributed by atoms with van der Waals surface area (Å²) in [7, 11) is 6.38. The van der Waals surface area contributed by atoms with Gasteiger partial charge in [-0.05, 0) is 65.8 Å². The zero-order valence-corrected chi connectivity index (χ0v) is 22.5. The second kappa shape index (κ2) is 11.9. The van der Waals surface area contributed by atoms with Gasteiger partial charge in [0.1, 0.15) is 5.75 Å². The number of hydrogen-bond donors (Lipinski definition) is 2. The molecule has 200 valence electrons. The number of ether oxygens (including phenoxy) is 4. The zero-order valence-electron chi connectivity index (χ0n) is 22.5. The number of hydrogen-bond acceptors (Lipinski definition) is 7. The molecule has 1 amide bonds. The number of benzene rings is 2. The maximum Gasteiger partial charge on any atom is 0.217 e. The van der Waals surface area contributed by atoms with Crippen LogP contribution in [0.5, 0.6) is 23.0 Å². The number of methoxy groups -OCH3 is 4. The third-order valence-electron chi connectivity index (χ3n) is 6.82. The summed E-state index contributed by atoms with van der Waals surface area (Å²) >= 11 is 0. The van der Waals surface area contributed by atoms with Gasteiger partial charge in [-0.15, -0.1) is 0 Å². The molecule has 1 atom stereocenters. The molecular weight excluding hydrogens is 484 g/mol. The molecule has 8 heteroatoms. The fraction of sp³-hybridized carbons (Fsp3) is 0.333. The SMILES string of the molecule is COc1ccccc1CCNc1ccc2c(cc1=O)C(NC(C)=O)CCc1cc(OC)c(OC)c(OC)c1-2. The highest BCUT2D eigenvalue weighted by molar-refractivity contribution is 5.83. The van der Waals surface area contributed by atoms with Crippen molar-refractivity contribution in [2.24, 2.45) is 0 Å². The molecule has 1 aliphatic carbocycles. The van der Waals surface area contributed by atoms with Crippen LogP contribution in [0.3, 0.4) is 0 Å². The van der Waals surface area contributed by atoms with Crippen molar-refractivity contribution in [3.8, 4) is 34.1 Å².